The van der Waals surface area contributed by atoms with Crippen LogP contribution in [-0.4, -0.2) is 28.2 Å². The Morgan fingerprint density at radius 1 is 1.32 bits per heavy atom. The van der Waals surface area contributed by atoms with Crippen LogP contribution in [0.4, 0.5) is 0 Å². The maximum absolute atomic E-state index is 12.2. The first-order valence-corrected chi connectivity index (χ1v) is 7.92. The molecule has 0 heterocycles. The molecule has 19 heavy (non-hydrogen) atoms. The molecule has 0 atom stereocenters. The van der Waals surface area contributed by atoms with E-state index >= 15 is 0 Å². The maximum Gasteiger partial charge on any atom is 0.240 e. The van der Waals surface area contributed by atoms with Crippen LogP contribution < -0.4 is 10.5 Å². The quantitative estimate of drug-likeness (QED) is 0.699. The van der Waals surface area contributed by atoms with E-state index in [1.54, 1.807) is 6.07 Å². The van der Waals surface area contributed by atoms with Crippen molar-refractivity contribution in [3.8, 4) is 0 Å². The molecule has 0 aliphatic rings. The molecule has 0 saturated heterocycles. The fourth-order valence-corrected chi connectivity index (χ4v) is 3.11. The zero-order chi connectivity index (χ0) is 14.3. The normalized spacial score (nSPS) is 11.7. The number of hydrogen-bond donors (Lipinski definition) is 2. The van der Waals surface area contributed by atoms with Crippen LogP contribution in [0, 0.1) is 0 Å². The molecule has 6 heteroatoms. The van der Waals surface area contributed by atoms with E-state index in [-0.39, 0.29) is 6.54 Å². The van der Waals surface area contributed by atoms with E-state index in [2.05, 4.69) is 4.72 Å². The fraction of sp³-hybridized carbons (Fsp3) is 0.538. The Morgan fingerprint density at radius 3 is 2.63 bits per heavy atom. The monoisotopic (exact) mass is 286 g/mol. The summed E-state index contributed by atoms with van der Waals surface area (Å²) >= 11 is 0. The molecule has 0 aliphatic heterocycles. The number of aryl methyl sites for hydroxylation is 1. The van der Waals surface area contributed by atoms with E-state index in [0.29, 0.717) is 31.1 Å². The molecule has 0 aromatic heterocycles. The van der Waals surface area contributed by atoms with Crippen molar-refractivity contribution in [3.05, 3.63) is 29.3 Å². The van der Waals surface area contributed by atoms with E-state index in [1.807, 2.05) is 26.0 Å². The van der Waals surface area contributed by atoms with Crippen molar-refractivity contribution in [1.29, 1.82) is 0 Å². The molecule has 0 fully saturated rings. The van der Waals surface area contributed by atoms with E-state index in [0.717, 1.165) is 11.1 Å². The Bertz CT molecular complexity index is 501. The van der Waals surface area contributed by atoms with Crippen molar-refractivity contribution in [2.24, 2.45) is 5.73 Å². The standard InChI is InChI=1S/C13H22N2O3S/c1-3-12-6-5-11(10-14)9-13(12)19(16,17)15-7-8-18-4-2/h5-6,9,15H,3-4,7-8,10,14H2,1-2H3. The highest BCUT2D eigenvalue weighted by Gasteiger charge is 2.17. The Balaban J connectivity index is 2.92. The summed E-state index contributed by atoms with van der Waals surface area (Å²) in [5.74, 6) is 0. The highest BCUT2D eigenvalue weighted by Crippen LogP contribution is 2.18. The largest absolute Gasteiger partial charge is 0.380 e. The summed E-state index contributed by atoms with van der Waals surface area (Å²) in [6.45, 7) is 5.33. The number of hydrogen-bond acceptors (Lipinski definition) is 4. The third kappa shape index (κ3) is 4.58. The minimum atomic E-state index is -3.50. The van der Waals surface area contributed by atoms with Gasteiger partial charge in [-0.05, 0) is 30.5 Å². The van der Waals surface area contributed by atoms with Crippen LogP contribution >= 0.6 is 0 Å². The van der Waals surface area contributed by atoms with Gasteiger partial charge < -0.3 is 10.5 Å². The summed E-state index contributed by atoms with van der Waals surface area (Å²) in [4.78, 5) is 0.314. The molecule has 1 rings (SSSR count). The Morgan fingerprint density at radius 2 is 2.05 bits per heavy atom. The van der Waals surface area contributed by atoms with Gasteiger partial charge in [-0.3, -0.25) is 0 Å². The van der Waals surface area contributed by atoms with Gasteiger partial charge in [0.05, 0.1) is 11.5 Å². The summed E-state index contributed by atoms with van der Waals surface area (Å²) in [7, 11) is -3.50. The van der Waals surface area contributed by atoms with Crippen LogP contribution in [0.25, 0.3) is 0 Å². The average molecular weight is 286 g/mol. The Hall–Kier alpha value is -0.950. The van der Waals surface area contributed by atoms with Gasteiger partial charge >= 0.3 is 0 Å². The average Bonchev–Trinajstić information content (AvgIpc) is 2.43. The molecule has 0 spiro atoms. The van der Waals surface area contributed by atoms with E-state index < -0.39 is 10.0 Å². The van der Waals surface area contributed by atoms with Crippen molar-refractivity contribution in [1.82, 2.24) is 4.72 Å². The predicted octanol–water partition coefficient (Wildman–Crippen LogP) is 1.02. The lowest BCUT2D eigenvalue weighted by Crippen LogP contribution is -2.28. The number of ether oxygens (including phenoxy) is 1. The molecule has 1 aromatic carbocycles. The zero-order valence-corrected chi connectivity index (χ0v) is 12.3. The van der Waals surface area contributed by atoms with E-state index in [1.165, 1.54) is 0 Å². The summed E-state index contributed by atoms with van der Waals surface area (Å²) in [5, 5.41) is 0. The fourth-order valence-electron chi connectivity index (χ4n) is 1.74. The minimum absolute atomic E-state index is 0.270. The third-order valence-corrected chi connectivity index (χ3v) is 4.32. The van der Waals surface area contributed by atoms with Crippen LogP contribution in [0.1, 0.15) is 25.0 Å². The van der Waals surface area contributed by atoms with Gasteiger partial charge in [0.2, 0.25) is 10.0 Å². The molecule has 0 saturated carbocycles. The Kier molecular flexibility index (Phi) is 6.44. The van der Waals surface area contributed by atoms with Crippen molar-refractivity contribution >= 4 is 10.0 Å². The smallest absolute Gasteiger partial charge is 0.240 e. The van der Waals surface area contributed by atoms with Gasteiger partial charge in [0.15, 0.2) is 0 Å². The molecular formula is C13H22N2O3S. The summed E-state index contributed by atoms with van der Waals surface area (Å²) < 4.78 is 32.1. The van der Waals surface area contributed by atoms with Gasteiger partial charge in [0.25, 0.3) is 0 Å². The van der Waals surface area contributed by atoms with Gasteiger partial charge in [-0.1, -0.05) is 19.1 Å². The highest BCUT2D eigenvalue weighted by atomic mass is 32.2. The van der Waals surface area contributed by atoms with Crippen molar-refractivity contribution in [2.75, 3.05) is 19.8 Å². The maximum atomic E-state index is 12.2. The van der Waals surface area contributed by atoms with Crippen molar-refractivity contribution < 1.29 is 13.2 Å². The van der Waals surface area contributed by atoms with E-state index in [4.69, 9.17) is 10.5 Å². The molecule has 0 aliphatic carbocycles. The van der Waals surface area contributed by atoms with Crippen LogP contribution in [-0.2, 0) is 27.7 Å². The lowest BCUT2D eigenvalue weighted by Gasteiger charge is -2.12. The first-order valence-electron chi connectivity index (χ1n) is 6.44. The first kappa shape index (κ1) is 16.1. The molecule has 1 aromatic rings. The first-order chi connectivity index (χ1) is 9.05. The van der Waals surface area contributed by atoms with Crippen molar-refractivity contribution in [3.63, 3.8) is 0 Å². The Labute approximate surface area is 115 Å². The lowest BCUT2D eigenvalue weighted by molar-refractivity contribution is 0.153. The van der Waals surface area contributed by atoms with Crippen LogP contribution in [0.15, 0.2) is 23.1 Å². The number of rotatable bonds is 8. The molecular weight excluding hydrogens is 264 g/mol. The molecule has 3 N–H and O–H groups in total. The summed E-state index contributed by atoms with van der Waals surface area (Å²) in [5.41, 5.74) is 7.16. The van der Waals surface area contributed by atoms with E-state index in [9.17, 15) is 8.42 Å². The second kappa shape index (κ2) is 7.59. The topological polar surface area (TPSA) is 81.4 Å². The second-order valence-electron chi connectivity index (χ2n) is 4.09. The predicted molar refractivity (Wildman–Crippen MR) is 75.4 cm³/mol. The van der Waals surface area contributed by atoms with Crippen molar-refractivity contribution in [2.45, 2.75) is 31.7 Å². The molecule has 0 radical (unpaired) electrons. The second-order valence-corrected chi connectivity index (χ2v) is 5.83. The third-order valence-electron chi connectivity index (χ3n) is 2.78. The summed E-state index contributed by atoms with van der Waals surface area (Å²) in [6.07, 6.45) is 0.659. The van der Waals surface area contributed by atoms with Gasteiger partial charge in [-0.15, -0.1) is 0 Å². The van der Waals surface area contributed by atoms with Crippen LogP contribution in [0.3, 0.4) is 0 Å². The number of nitrogens with one attached hydrogen (secondary N) is 1. The van der Waals surface area contributed by atoms with Gasteiger partial charge in [-0.2, -0.15) is 0 Å². The van der Waals surface area contributed by atoms with Gasteiger partial charge in [0.1, 0.15) is 0 Å². The molecule has 0 unspecified atom stereocenters. The molecule has 5 nitrogen and oxygen atoms in total. The SMILES string of the molecule is CCOCCNS(=O)(=O)c1cc(CN)ccc1CC. The molecule has 108 valence electrons. The molecule has 0 amide bonds. The summed E-state index contributed by atoms with van der Waals surface area (Å²) in [6, 6.07) is 5.32. The number of nitrogens with two attached hydrogens (primary N) is 1. The minimum Gasteiger partial charge on any atom is -0.380 e. The van der Waals surface area contributed by atoms with Gasteiger partial charge in [-0.25, -0.2) is 13.1 Å². The highest BCUT2D eigenvalue weighted by molar-refractivity contribution is 7.89. The zero-order valence-electron chi connectivity index (χ0n) is 11.5. The molecule has 0 bridgehead atoms. The van der Waals surface area contributed by atoms with Gasteiger partial charge in [0, 0.05) is 19.7 Å². The van der Waals surface area contributed by atoms with Crippen LogP contribution in [0.5, 0.6) is 0 Å². The lowest BCUT2D eigenvalue weighted by atomic mass is 10.1. The number of benzene rings is 1. The van der Waals surface area contributed by atoms with Crippen LogP contribution in [0.2, 0.25) is 0 Å². The number of sulfonamides is 1.